The molecule has 3 saturated carbocycles. The Hall–Kier alpha value is -1.05. The molecule has 33 heavy (non-hydrogen) atoms. The first-order valence-electron chi connectivity index (χ1n) is 12.4. The Morgan fingerprint density at radius 1 is 1.18 bits per heavy atom. The Bertz CT molecular complexity index is 869. The minimum Gasteiger partial charge on any atom is -0.460 e. The average molecular weight is 525 g/mol. The van der Waals surface area contributed by atoms with E-state index >= 15 is 0 Å². The lowest BCUT2D eigenvalue weighted by molar-refractivity contribution is -0.175. The normalized spacial score (nSPS) is 44.4. The summed E-state index contributed by atoms with van der Waals surface area (Å²) in [5.41, 5.74) is -1.48. The fourth-order valence-electron chi connectivity index (χ4n) is 7.71. The lowest BCUT2D eigenvalue weighted by Gasteiger charge is -2.59. The number of esters is 1. The minimum atomic E-state index is -1.17. The molecule has 0 aromatic heterocycles. The summed E-state index contributed by atoms with van der Waals surface area (Å²) < 4.78 is 5.72. The summed E-state index contributed by atoms with van der Waals surface area (Å²) >= 11 is 3.36. The molecular weight excluding hydrogens is 488 g/mol. The Balaban J connectivity index is 1.61. The fraction of sp³-hybridized carbons (Fsp3) is 0.808. The smallest absolute Gasteiger partial charge is 0.306 e. The molecule has 0 heterocycles. The molecule has 0 radical (unpaired) electrons. The molecule has 6 nitrogen and oxygen atoms in total. The molecule has 4 rings (SSSR count). The van der Waals surface area contributed by atoms with Crippen LogP contribution in [-0.2, 0) is 19.1 Å². The zero-order chi connectivity index (χ0) is 24.2. The molecule has 0 amide bonds. The van der Waals surface area contributed by atoms with Crippen molar-refractivity contribution in [2.75, 3.05) is 5.33 Å². The number of Topliss-reactive ketones (excluding diaryl/α,β-unsaturated/α-hetero) is 1. The number of rotatable bonds is 6. The predicted octanol–water partition coefficient (Wildman–Crippen LogP) is 3.90. The van der Waals surface area contributed by atoms with E-state index in [2.05, 4.69) is 22.9 Å². The van der Waals surface area contributed by atoms with E-state index in [1.165, 1.54) is 0 Å². The number of hydrogen-bond donors (Lipinski definition) is 2. The van der Waals surface area contributed by atoms with Gasteiger partial charge in [0.1, 0.15) is 11.9 Å². The number of aliphatic hydroxyl groups excluding tert-OH is 1. The summed E-state index contributed by atoms with van der Waals surface area (Å²) in [4.78, 5) is 38.1. The van der Waals surface area contributed by atoms with Gasteiger partial charge in [0.25, 0.3) is 0 Å². The lowest BCUT2D eigenvalue weighted by atomic mass is 9.46. The van der Waals surface area contributed by atoms with Gasteiger partial charge in [-0.05, 0) is 81.3 Å². The molecular formula is C26H37BrO6. The van der Waals surface area contributed by atoms with Crippen molar-refractivity contribution in [1.29, 1.82) is 0 Å². The molecule has 2 N–H and O–H groups in total. The van der Waals surface area contributed by atoms with Crippen LogP contribution in [-0.4, -0.2) is 50.9 Å². The number of halogens is 1. The van der Waals surface area contributed by atoms with Crippen LogP contribution in [0.15, 0.2) is 11.6 Å². The van der Waals surface area contributed by atoms with Gasteiger partial charge in [-0.1, -0.05) is 29.8 Å². The van der Waals surface area contributed by atoms with E-state index in [9.17, 15) is 24.6 Å². The van der Waals surface area contributed by atoms with E-state index in [-0.39, 0.29) is 41.7 Å². The van der Waals surface area contributed by atoms with Crippen LogP contribution in [0.2, 0.25) is 0 Å². The predicted molar refractivity (Wildman–Crippen MR) is 127 cm³/mol. The highest BCUT2D eigenvalue weighted by molar-refractivity contribution is 9.09. The van der Waals surface area contributed by atoms with Crippen molar-refractivity contribution in [3.8, 4) is 0 Å². The van der Waals surface area contributed by atoms with Gasteiger partial charge in [-0.2, -0.15) is 0 Å². The van der Waals surface area contributed by atoms with Crippen molar-refractivity contribution in [3.63, 3.8) is 0 Å². The van der Waals surface area contributed by atoms with Crippen molar-refractivity contribution < 1.29 is 29.3 Å². The number of carbonyl (C=O) groups excluding carboxylic acids is 3. The van der Waals surface area contributed by atoms with Crippen LogP contribution in [0.1, 0.15) is 78.6 Å². The van der Waals surface area contributed by atoms with E-state index in [0.717, 1.165) is 30.2 Å². The number of aliphatic hydroxyl groups is 2. The van der Waals surface area contributed by atoms with Gasteiger partial charge >= 0.3 is 5.97 Å². The summed E-state index contributed by atoms with van der Waals surface area (Å²) in [6.07, 6.45) is 5.31. The van der Waals surface area contributed by atoms with E-state index in [4.69, 9.17) is 4.74 Å². The van der Waals surface area contributed by atoms with Gasteiger partial charge in [0.05, 0.1) is 11.7 Å². The van der Waals surface area contributed by atoms with E-state index in [1.807, 2.05) is 6.92 Å². The Morgan fingerprint density at radius 3 is 2.58 bits per heavy atom. The molecule has 3 fully saturated rings. The summed E-state index contributed by atoms with van der Waals surface area (Å²) in [5, 5.41) is 23.6. The SMILES string of the molecule is CC(=O)[C@H]1CC[C@@]2(O)C3=CC(=O)[C@@H]4C[C@@H](O)[C@@H](OC(=O)CCCCBr)C[C@]4(C)[C@H]3CC[C@]12C. The number of hydrogen-bond acceptors (Lipinski definition) is 6. The highest BCUT2D eigenvalue weighted by Crippen LogP contribution is 2.67. The number of allylic oxidation sites excluding steroid dienone is 1. The van der Waals surface area contributed by atoms with Gasteiger partial charge in [-0.3, -0.25) is 14.4 Å². The maximum absolute atomic E-state index is 13.3. The minimum absolute atomic E-state index is 0.0360. The molecule has 184 valence electrons. The third kappa shape index (κ3) is 3.86. The summed E-state index contributed by atoms with van der Waals surface area (Å²) in [6, 6.07) is 0. The second-order valence-electron chi connectivity index (χ2n) is 11.3. The van der Waals surface area contributed by atoms with Gasteiger partial charge in [0.15, 0.2) is 5.78 Å². The second kappa shape index (κ2) is 8.87. The third-order valence-electron chi connectivity index (χ3n) is 9.63. The van der Waals surface area contributed by atoms with Crippen molar-refractivity contribution >= 4 is 33.5 Å². The quantitative estimate of drug-likeness (QED) is 0.310. The van der Waals surface area contributed by atoms with Crippen LogP contribution >= 0.6 is 15.9 Å². The molecule has 0 bridgehead atoms. The maximum atomic E-state index is 13.3. The summed E-state index contributed by atoms with van der Waals surface area (Å²) in [7, 11) is 0. The zero-order valence-electron chi connectivity index (χ0n) is 19.9. The number of alkyl halides is 1. The highest BCUT2D eigenvalue weighted by atomic mass is 79.9. The van der Waals surface area contributed by atoms with Crippen LogP contribution in [0, 0.1) is 28.6 Å². The van der Waals surface area contributed by atoms with Gasteiger partial charge in [-0.25, -0.2) is 0 Å². The van der Waals surface area contributed by atoms with Gasteiger partial charge in [-0.15, -0.1) is 0 Å². The van der Waals surface area contributed by atoms with Gasteiger partial charge < -0.3 is 14.9 Å². The maximum Gasteiger partial charge on any atom is 0.306 e. The number of carbonyl (C=O) groups is 3. The van der Waals surface area contributed by atoms with Crippen LogP contribution in [0.4, 0.5) is 0 Å². The van der Waals surface area contributed by atoms with Gasteiger partial charge in [0, 0.05) is 29.0 Å². The topological polar surface area (TPSA) is 101 Å². The van der Waals surface area contributed by atoms with E-state index < -0.39 is 28.6 Å². The van der Waals surface area contributed by atoms with E-state index in [1.54, 1.807) is 13.0 Å². The van der Waals surface area contributed by atoms with E-state index in [0.29, 0.717) is 32.1 Å². The first-order valence-corrected chi connectivity index (χ1v) is 13.5. The zero-order valence-corrected chi connectivity index (χ0v) is 21.5. The first kappa shape index (κ1) is 25.1. The molecule has 0 aromatic carbocycles. The molecule has 8 atom stereocenters. The summed E-state index contributed by atoms with van der Waals surface area (Å²) in [5.74, 6) is -0.866. The molecule has 0 aromatic rings. The van der Waals surface area contributed by atoms with Crippen molar-refractivity contribution in [2.24, 2.45) is 28.6 Å². The molecule has 0 spiro atoms. The van der Waals surface area contributed by atoms with Crippen molar-refractivity contribution in [3.05, 3.63) is 11.6 Å². The monoisotopic (exact) mass is 524 g/mol. The van der Waals surface area contributed by atoms with Crippen LogP contribution < -0.4 is 0 Å². The number of ether oxygens (including phenoxy) is 1. The van der Waals surface area contributed by atoms with Crippen molar-refractivity contribution in [2.45, 2.75) is 96.4 Å². The number of ketones is 2. The Labute approximate surface area is 204 Å². The molecule has 4 aliphatic rings. The number of unbranched alkanes of at least 4 members (excludes halogenated alkanes) is 1. The molecule has 0 aliphatic heterocycles. The highest BCUT2D eigenvalue weighted by Gasteiger charge is 2.67. The van der Waals surface area contributed by atoms with Crippen LogP contribution in [0.25, 0.3) is 0 Å². The lowest BCUT2D eigenvalue weighted by Crippen LogP contribution is -2.61. The first-order chi connectivity index (χ1) is 15.5. The third-order valence-corrected chi connectivity index (χ3v) is 10.2. The molecule has 4 aliphatic carbocycles. The Kier molecular flexibility index (Phi) is 6.73. The van der Waals surface area contributed by atoms with Crippen LogP contribution in [0.5, 0.6) is 0 Å². The standard InChI is InChI=1S/C26H37BrO6/c1-15(28)16-8-10-26(32)18-12-20(29)19-13-21(30)22(33-23(31)6-4-5-11-27)14-24(19,2)17(18)7-9-25(16,26)3/h12,16-17,19,21-22,30,32H,4-11,13-14H2,1-3H3/t16-,17+,19+,21-,22+,24-,25-,26-/m1/s1. The van der Waals surface area contributed by atoms with Gasteiger partial charge in [0.2, 0.25) is 0 Å². The molecule has 7 heteroatoms. The van der Waals surface area contributed by atoms with Crippen LogP contribution in [0.3, 0.4) is 0 Å². The average Bonchev–Trinajstić information content (AvgIpc) is 3.02. The largest absolute Gasteiger partial charge is 0.460 e. The molecule has 0 saturated heterocycles. The second-order valence-corrected chi connectivity index (χ2v) is 12.1. The van der Waals surface area contributed by atoms with Crippen molar-refractivity contribution in [1.82, 2.24) is 0 Å². The fourth-order valence-corrected chi connectivity index (χ4v) is 8.11. The molecule has 0 unspecified atom stereocenters. The Morgan fingerprint density at radius 2 is 1.91 bits per heavy atom. The summed E-state index contributed by atoms with van der Waals surface area (Å²) in [6.45, 7) is 5.67. The number of fused-ring (bicyclic) bond motifs is 5.